The molecule has 0 bridgehead atoms. The average Bonchev–Trinajstić information content (AvgIpc) is 2.72. The molecule has 2 N–H and O–H groups in total. The molecule has 0 aliphatic carbocycles. The van der Waals surface area contributed by atoms with Gasteiger partial charge in [0.15, 0.2) is 0 Å². The largest absolute Gasteiger partial charge is 0.344 e. The second kappa shape index (κ2) is 8.58. The molecule has 3 rings (SSSR count). The first kappa shape index (κ1) is 17.4. The Morgan fingerprint density at radius 1 is 0.808 bits per heavy atom. The number of benzene rings is 2. The number of pyridine rings is 1. The molecule has 1 heterocycles. The molecule has 2 amide bonds. The van der Waals surface area contributed by atoms with E-state index in [0.717, 1.165) is 11.1 Å². The Morgan fingerprint density at radius 2 is 1.38 bits per heavy atom. The van der Waals surface area contributed by atoms with Gasteiger partial charge in [-0.15, -0.1) is 0 Å². The summed E-state index contributed by atoms with van der Waals surface area (Å²) in [4.78, 5) is 28.5. The van der Waals surface area contributed by atoms with Crippen LogP contribution in [0.25, 0.3) is 0 Å². The predicted octanol–water partition coefficient (Wildman–Crippen LogP) is 2.72. The number of carbonyl (C=O) groups is 2. The van der Waals surface area contributed by atoms with Crippen LogP contribution in [0.5, 0.6) is 0 Å². The molecule has 0 aliphatic rings. The lowest BCUT2D eigenvalue weighted by Gasteiger charge is -2.20. The third kappa shape index (κ3) is 4.54. The van der Waals surface area contributed by atoms with Crippen LogP contribution in [0, 0.1) is 0 Å². The van der Waals surface area contributed by atoms with Gasteiger partial charge in [-0.1, -0.05) is 48.5 Å². The number of hydrogen-bond acceptors (Lipinski definition) is 3. The monoisotopic (exact) mass is 345 g/mol. The van der Waals surface area contributed by atoms with E-state index in [0.29, 0.717) is 5.56 Å². The molecule has 1 atom stereocenters. The van der Waals surface area contributed by atoms with Gasteiger partial charge in [-0.25, -0.2) is 0 Å². The normalized spacial score (nSPS) is 11.4. The van der Waals surface area contributed by atoms with E-state index >= 15 is 0 Å². The molecule has 130 valence electrons. The van der Waals surface area contributed by atoms with E-state index in [-0.39, 0.29) is 24.4 Å². The third-order valence-electron chi connectivity index (χ3n) is 3.92. The average molecular weight is 345 g/mol. The van der Waals surface area contributed by atoms with Crippen molar-refractivity contribution in [3.05, 3.63) is 102 Å². The number of nitrogens with zero attached hydrogens (tertiary/aromatic N) is 1. The van der Waals surface area contributed by atoms with Crippen LogP contribution in [-0.4, -0.2) is 23.3 Å². The summed E-state index contributed by atoms with van der Waals surface area (Å²) in [6.07, 6.45) is 3.38. The quantitative estimate of drug-likeness (QED) is 0.722. The van der Waals surface area contributed by atoms with E-state index in [1.165, 1.54) is 0 Å². The molecule has 0 aliphatic heterocycles. The number of aromatic nitrogens is 1. The van der Waals surface area contributed by atoms with Gasteiger partial charge in [-0.05, 0) is 35.4 Å². The first-order chi connectivity index (χ1) is 12.7. The third-order valence-corrected chi connectivity index (χ3v) is 3.92. The van der Waals surface area contributed by atoms with Crippen molar-refractivity contribution >= 4 is 11.8 Å². The van der Waals surface area contributed by atoms with Crippen LogP contribution in [0.2, 0.25) is 0 Å². The van der Waals surface area contributed by atoms with Crippen molar-refractivity contribution in [2.75, 3.05) is 6.54 Å². The summed E-state index contributed by atoms with van der Waals surface area (Å²) in [6.45, 7) is -0.0951. The van der Waals surface area contributed by atoms with Crippen LogP contribution in [0.15, 0.2) is 85.2 Å². The Balaban J connectivity index is 1.67. The molecule has 5 heteroatoms. The summed E-state index contributed by atoms with van der Waals surface area (Å²) < 4.78 is 0. The molecule has 0 spiro atoms. The summed E-state index contributed by atoms with van der Waals surface area (Å²) in [7, 11) is 0. The van der Waals surface area contributed by atoms with Gasteiger partial charge in [0.1, 0.15) is 0 Å². The standard InChI is InChI=1S/C21H19N3O2/c25-19(15-23-21(26)18-9-5-2-6-10-18)24-20(16-7-3-1-4-8-16)17-11-13-22-14-12-17/h1-14,20H,15H2,(H,23,26)(H,24,25). The van der Waals surface area contributed by atoms with Gasteiger partial charge in [0.25, 0.3) is 5.91 Å². The highest BCUT2D eigenvalue weighted by Gasteiger charge is 2.17. The predicted molar refractivity (Wildman–Crippen MR) is 99.4 cm³/mol. The van der Waals surface area contributed by atoms with Gasteiger partial charge in [0, 0.05) is 18.0 Å². The maximum absolute atomic E-state index is 12.4. The van der Waals surface area contributed by atoms with Gasteiger partial charge in [0.2, 0.25) is 5.91 Å². The first-order valence-electron chi connectivity index (χ1n) is 8.31. The number of nitrogens with one attached hydrogen (secondary N) is 2. The summed E-state index contributed by atoms with van der Waals surface area (Å²) in [6, 6.07) is 21.9. The van der Waals surface area contributed by atoms with Crippen molar-refractivity contribution in [2.24, 2.45) is 0 Å². The fourth-order valence-electron chi connectivity index (χ4n) is 2.62. The summed E-state index contributed by atoms with van der Waals surface area (Å²) in [5.74, 6) is -0.541. The lowest BCUT2D eigenvalue weighted by Crippen LogP contribution is -2.39. The Hall–Kier alpha value is -3.47. The summed E-state index contributed by atoms with van der Waals surface area (Å²) in [5, 5.41) is 5.62. The highest BCUT2D eigenvalue weighted by Crippen LogP contribution is 2.21. The van der Waals surface area contributed by atoms with Crippen LogP contribution >= 0.6 is 0 Å². The fraction of sp³-hybridized carbons (Fsp3) is 0.0952. The second-order valence-electron chi connectivity index (χ2n) is 5.74. The minimum atomic E-state index is -0.305. The van der Waals surface area contributed by atoms with Crippen molar-refractivity contribution in [2.45, 2.75) is 6.04 Å². The maximum atomic E-state index is 12.4. The molecular weight excluding hydrogens is 326 g/mol. The van der Waals surface area contributed by atoms with E-state index in [4.69, 9.17) is 0 Å². The van der Waals surface area contributed by atoms with Crippen molar-refractivity contribution in [3.8, 4) is 0 Å². The Labute approximate surface area is 152 Å². The second-order valence-corrected chi connectivity index (χ2v) is 5.74. The van der Waals surface area contributed by atoms with E-state index in [1.54, 1.807) is 36.7 Å². The molecule has 26 heavy (non-hydrogen) atoms. The SMILES string of the molecule is O=C(CNC(=O)c1ccccc1)NC(c1ccccc1)c1ccncc1. The van der Waals surface area contributed by atoms with E-state index < -0.39 is 0 Å². The molecule has 0 radical (unpaired) electrons. The fourth-order valence-corrected chi connectivity index (χ4v) is 2.62. The number of amides is 2. The Morgan fingerprint density at radius 3 is 2.04 bits per heavy atom. The van der Waals surface area contributed by atoms with Crippen LogP contribution in [0.4, 0.5) is 0 Å². The van der Waals surface area contributed by atoms with Gasteiger partial charge >= 0.3 is 0 Å². The van der Waals surface area contributed by atoms with E-state index in [2.05, 4.69) is 15.6 Å². The maximum Gasteiger partial charge on any atom is 0.251 e. The van der Waals surface area contributed by atoms with Gasteiger partial charge < -0.3 is 10.6 Å². The molecule has 1 aromatic heterocycles. The van der Waals surface area contributed by atoms with Gasteiger partial charge in [0.05, 0.1) is 12.6 Å². The zero-order chi connectivity index (χ0) is 18.2. The molecular formula is C21H19N3O2. The smallest absolute Gasteiger partial charge is 0.251 e. The summed E-state index contributed by atoms with van der Waals surface area (Å²) in [5.41, 5.74) is 2.41. The lowest BCUT2D eigenvalue weighted by atomic mass is 10.00. The van der Waals surface area contributed by atoms with Crippen LogP contribution in [0.1, 0.15) is 27.5 Å². The van der Waals surface area contributed by atoms with Crippen molar-refractivity contribution < 1.29 is 9.59 Å². The minimum Gasteiger partial charge on any atom is -0.344 e. The van der Waals surface area contributed by atoms with Crippen LogP contribution in [0.3, 0.4) is 0 Å². The number of hydrogen-bond donors (Lipinski definition) is 2. The molecule has 0 fully saturated rings. The topological polar surface area (TPSA) is 71.1 Å². The van der Waals surface area contributed by atoms with Crippen LogP contribution in [-0.2, 0) is 4.79 Å². The van der Waals surface area contributed by atoms with E-state index in [9.17, 15) is 9.59 Å². The molecule has 1 unspecified atom stereocenters. The molecule has 0 saturated carbocycles. The molecule has 0 saturated heterocycles. The highest BCUT2D eigenvalue weighted by molar-refractivity contribution is 5.96. The zero-order valence-corrected chi connectivity index (χ0v) is 14.1. The Bertz CT molecular complexity index is 813. The lowest BCUT2D eigenvalue weighted by molar-refractivity contribution is -0.120. The highest BCUT2D eigenvalue weighted by atomic mass is 16.2. The molecule has 3 aromatic rings. The molecule has 2 aromatic carbocycles. The Kier molecular flexibility index (Phi) is 5.72. The van der Waals surface area contributed by atoms with Crippen molar-refractivity contribution in [1.82, 2.24) is 15.6 Å². The minimum absolute atomic E-state index is 0.0951. The van der Waals surface area contributed by atoms with Gasteiger partial charge in [-0.2, -0.15) is 0 Å². The van der Waals surface area contributed by atoms with Crippen molar-refractivity contribution in [1.29, 1.82) is 0 Å². The number of rotatable bonds is 6. The van der Waals surface area contributed by atoms with Crippen LogP contribution < -0.4 is 10.6 Å². The number of carbonyl (C=O) groups excluding carboxylic acids is 2. The van der Waals surface area contributed by atoms with E-state index in [1.807, 2.05) is 48.5 Å². The zero-order valence-electron chi connectivity index (χ0n) is 14.1. The van der Waals surface area contributed by atoms with Crippen molar-refractivity contribution in [3.63, 3.8) is 0 Å². The van der Waals surface area contributed by atoms with Gasteiger partial charge in [-0.3, -0.25) is 14.6 Å². The molecule has 5 nitrogen and oxygen atoms in total. The summed E-state index contributed by atoms with van der Waals surface area (Å²) >= 11 is 0. The first-order valence-corrected chi connectivity index (χ1v) is 8.31.